The Hall–Kier alpha value is -2.56. The van der Waals surface area contributed by atoms with Gasteiger partial charge in [-0.05, 0) is 36.2 Å². The molecule has 0 spiro atoms. The lowest BCUT2D eigenvalue weighted by Gasteiger charge is -2.18. The first-order chi connectivity index (χ1) is 15.8. The summed E-state index contributed by atoms with van der Waals surface area (Å²) >= 11 is 13.0. The minimum absolute atomic E-state index is 0.0552. The number of benzene rings is 3. The van der Waals surface area contributed by atoms with Crippen molar-refractivity contribution in [2.75, 3.05) is 0 Å². The third-order valence-corrected chi connectivity index (χ3v) is 7.42. The molecule has 1 N–H and O–H groups in total. The highest BCUT2D eigenvalue weighted by atomic mass is 35.5. The number of carbonyl (C=O) groups excluding carboxylic acids is 1. The van der Waals surface area contributed by atoms with Crippen LogP contribution < -0.4 is 4.72 Å². The molecule has 0 amide bonds. The number of nitrogens with zero attached hydrogens (tertiary/aromatic N) is 2. The predicted molar refractivity (Wildman–Crippen MR) is 128 cm³/mol. The lowest BCUT2D eigenvalue weighted by molar-refractivity contribution is -0.147. The average Bonchev–Trinajstić information content (AvgIpc) is 3.27. The summed E-state index contributed by atoms with van der Waals surface area (Å²) in [6, 6.07) is 17.4. The van der Waals surface area contributed by atoms with Crippen molar-refractivity contribution in [3.05, 3.63) is 87.9 Å². The van der Waals surface area contributed by atoms with E-state index in [-0.39, 0.29) is 23.4 Å². The summed E-state index contributed by atoms with van der Waals surface area (Å²) in [7, 11) is -4.11. The van der Waals surface area contributed by atoms with Crippen molar-refractivity contribution in [2.24, 2.45) is 0 Å². The largest absolute Gasteiger partial charge is 0.460 e. The van der Waals surface area contributed by atoms with Gasteiger partial charge in [0.1, 0.15) is 28.6 Å². The number of rotatable bonds is 8. The van der Waals surface area contributed by atoms with Crippen LogP contribution in [-0.2, 0) is 32.6 Å². The number of hydrogen-bond donors (Lipinski definition) is 1. The maximum atomic E-state index is 13.2. The third kappa shape index (κ3) is 5.69. The summed E-state index contributed by atoms with van der Waals surface area (Å²) in [6.07, 6.45) is 0.0958. The zero-order chi connectivity index (χ0) is 23.4. The van der Waals surface area contributed by atoms with Gasteiger partial charge in [0.25, 0.3) is 0 Å². The lowest BCUT2D eigenvalue weighted by atomic mass is 10.1. The summed E-state index contributed by atoms with van der Waals surface area (Å²) in [5.74, 6) is -0.739. The van der Waals surface area contributed by atoms with Crippen LogP contribution in [0.3, 0.4) is 0 Å². The normalized spacial score (nSPS) is 12.5. The minimum atomic E-state index is -4.11. The number of esters is 1. The Morgan fingerprint density at radius 1 is 1.03 bits per heavy atom. The van der Waals surface area contributed by atoms with Gasteiger partial charge < -0.3 is 4.74 Å². The van der Waals surface area contributed by atoms with Crippen LogP contribution in [0.1, 0.15) is 11.1 Å². The topological polar surface area (TPSA) is 98.2 Å². The van der Waals surface area contributed by atoms with E-state index in [4.69, 9.17) is 27.9 Å². The number of aromatic nitrogens is 2. The number of sulfonamides is 1. The van der Waals surface area contributed by atoms with Gasteiger partial charge in [0.05, 0.1) is 11.7 Å². The molecule has 0 saturated carbocycles. The Bertz CT molecular complexity index is 1400. The van der Waals surface area contributed by atoms with Crippen LogP contribution in [-0.4, -0.2) is 29.2 Å². The fourth-order valence-corrected chi connectivity index (χ4v) is 5.57. The van der Waals surface area contributed by atoms with Gasteiger partial charge in [-0.25, -0.2) is 8.42 Å². The number of carbonyl (C=O) groups is 1. The minimum Gasteiger partial charge on any atom is -0.460 e. The van der Waals surface area contributed by atoms with Crippen molar-refractivity contribution in [3.63, 3.8) is 0 Å². The summed E-state index contributed by atoms with van der Waals surface area (Å²) in [6.45, 7) is -0.132. The molecule has 1 aromatic heterocycles. The Morgan fingerprint density at radius 2 is 1.82 bits per heavy atom. The lowest BCUT2D eigenvalue weighted by Crippen LogP contribution is -2.43. The Balaban J connectivity index is 1.59. The van der Waals surface area contributed by atoms with Crippen LogP contribution >= 0.6 is 34.9 Å². The second-order valence-electron chi connectivity index (χ2n) is 7.10. The fourth-order valence-electron chi connectivity index (χ4n) is 3.16. The number of ether oxygens (including phenoxy) is 1. The first-order valence-electron chi connectivity index (χ1n) is 9.71. The van der Waals surface area contributed by atoms with Crippen LogP contribution in [0.25, 0.3) is 11.0 Å². The maximum Gasteiger partial charge on any atom is 0.324 e. The van der Waals surface area contributed by atoms with Gasteiger partial charge in [-0.15, -0.1) is 0 Å². The molecule has 0 aliphatic rings. The van der Waals surface area contributed by atoms with Gasteiger partial charge in [-0.1, -0.05) is 65.7 Å². The molecule has 0 radical (unpaired) electrons. The van der Waals surface area contributed by atoms with E-state index in [1.807, 2.05) is 6.07 Å². The molecule has 11 heteroatoms. The second-order valence-corrected chi connectivity index (χ2v) is 10.1. The molecule has 1 unspecified atom stereocenters. The molecule has 0 bridgehead atoms. The zero-order valence-electron chi connectivity index (χ0n) is 16.9. The van der Waals surface area contributed by atoms with Gasteiger partial charge in [0.2, 0.25) is 10.0 Å². The van der Waals surface area contributed by atoms with Gasteiger partial charge in [-0.2, -0.15) is 13.5 Å². The van der Waals surface area contributed by atoms with E-state index in [0.29, 0.717) is 21.1 Å². The number of fused-ring (bicyclic) bond motifs is 1. The number of hydrogen-bond acceptors (Lipinski definition) is 7. The van der Waals surface area contributed by atoms with E-state index in [1.165, 1.54) is 6.07 Å². The van der Waals surface area contributed by atoms with E-state index in [2.05, 4.69) is 13.5 Å². The van der Waals surface area contributed by atoms with Crippen molar-refractivity contribution >= 4 is 62.0 Å². The number of halogens is 2. The van der Waals surface area contributed by atoms with Crippen molar-refractivity contribution in [2.45, 2.75) is 24.0 Å². The molecule has 4 rings (SSSR count). The van der Waals surface area contributed by atoms with E-state index >= 15 is 0 Å². The van der Waals surface area contributed by atoms with Gasteiger partial charge in [-0.3, -0.25) is 4.79 Å². The highest BCUT2D eigenvalue weighted by molar-refractivity contribution is 7.89. The van der Waals surface area contributed by atoms with Crippen molar-refractivity contribution in [1.82, 2.24) is 13.5 Å². The average molecular weight is 522 g/mol. The molecular weight excluding hydrogens is 505 g/mol. The fraction of sp³-hybridized carbons (Fsp3) is 0.136. The SMILES string of the molecule is O=C(OCc1ccc(Cl)cc1Cl)C(Cc1ccccc1)NS(=O)(=O)c1cccc2nsnc12. The van der Waals surface area contributed by atoms with Crippen LogP contribution in [0.4, 0.5) is 0 Å². The monoisotopic (exact) mass is 521 g/mol. The first-order valence-corrected chi connectivity index (χ1v) is 12.7. The molecular formula is C22H17Cl2N3O4S2. The van der Waals surface area contributed by atoms with E-state index in [0.717, 1.165) is 17.3 Å². The van der Waals surface area contributed by atoms with E-state index in [1.54, 1.807) is 54.6 Å². The maximum absolute atomic E-state index is 13.2. The highest BCUT2D eigenvalue weighted by Gasteiger charge is 2.29. The van der Waals surface area contributed by atoms with Crippen molar-refractivity contribution in [3.8, 4) is 0 Å². The Morgan fingerprint density at radius 3 is 2.58 bits per heavy atom. The quantitative estimate of drug-likeness (QED) is 0.339. The Labute approximate surface area is 204 Å². The zero-order valence-corrected chi connectivity index (χ0v) is 20.1. The van der Waals surface area contributed by atoms with Crippen molar-refractivity contribution in [1.29, 1.82) is 0 Å². The Kier molecular flexibility index (Phi) is 7.26. The molecule has 0 aliphatic carbocycles. The smallest absolute Gasteiger partial charge is 0.324 e. The van der Waals surface area contributed by atoms with Crippen LogP contribution in [0, 0.1) is 0 Å². The standard InChI is InChI=1S/C22H17Cl2N3O4S2/c23-16-10-9-15(17(24)12-16)13-31-22(28)19(11-14-5-2-1-3-6-14)27-33(29,30)20-8-4-7-18-21(20)26-32-25-18/h1-10,12,19,27H,11,13H2. The molecule has 170 valence electrons. The first kappa shape index (κ1) is 23.6. The summed E-state index contributed by atoms with van der Waals surface area (Å²) in [5.41, 5.74) is 2.02. The van der Waals surface area contributed by atoms with Crippen LogP contribution in [0.2, 0.25) is 10.0 Å². The van der Waals surface area contributed by atoms with Gasteiger partial charge in [0, 0.05) is 15.6 Å². The molecule has 3 aromatic carbocycles. The van der Waals surface area contributed by atoms with Crippen molar-refractivity contribution < 1.29 is 17.9 Å². The van der Waals surface area contributed by atoms with Crippen LogP contribution in [0.15, 0.2) is 71.6 Å². The molecule has 33 heavy (non-hydrogen) atoms. The van der Waals surface area contributed by atoms with Crippen LogP contribution in [0.5, 0.6) is 0 Å². The van der Waals surface area contributed by atoms with E-state index < -0.39 is 22.0 Å². The molecule has 1 atom stereocenters. The summed E-state index contributed by atoms with van der Waals surface area (Å²) in [5, 5.41) is 0.800. The van der Waals surface area contributed by atoms with E-state index in [9.17, 15) is 13.2 Å². The molecule has 0 fully saturated rings. The molecule has 0 saturated heterocycles. The molecule has 0 aliphatic heterocycles. The summed E-state index contributed by atoms with van der Waals surface area (Å²) < 4.78 is 42.5. The van der Waals surface area contributed by atoms with Gasteiger partial charge >= 0.3 is 5.97 Å². The van der Waals surface area contributed by atoms with Gasteiger partial charge in [0.15, 0.2) is 0 Å². The molecule has 1 heterocycles. The highest BCUT2D eigenvalue weighted by Crippen LogP contribution is 2.23. The summed E-state index contributed by atoms with van der Waals surface area (Å²) in [4.78, 5) is 12.9. The molecule has 4 aromatic rings. The number of nitrogens with one attached hydrogen (secondary N) is 1. The second kappa shape index (κ2) is 10.1. The predicted octanol–water partition coefficient (Wildman–Crippen LogP) is 4.63. The third-order valence-electron chi connectivity index (χ3n) is 4.79. The molecule has 7 nitrogen and oxygen atoms in total.